The van der Waals surface area contributed by atoms with Gasteiger partial charge in [0.2, 0.25) is 0 Å². The predicted molar refractivity (Wildman–Crippen MR) is 75.5 cm³/mol. The van der Waals surface area contributed by atoms with E-state index < -0.39 is 21.7 Å². The van der Waals surface area contributed by atoms with Gasteiger partial charge in [0.15, 0.2) is 0 Å². The number of hydrogen-bond acceptors (Lipinski definition) is 3. The maximum atomic E-state index is 12.5. The second kappa shape index (κ2) is 6.41. The summed E-state index contributed by atoms with van der Waals surface area (Å²) in [5.41, 5.74) is -0.791. The van der Waals surface area contributed by atoms with E-state index in [4.69, 9.17) is 5.11 Å². The molecule has 0 aromatic rings. The van der Waals surface area contributed by atoms with Gasteiger partial charge in [-0.1, -0.05) is 25.7 Å². The zero-order chi connectivity index (χ0) is 14.6. The first-order valence-corrected chi connectivity index (χ1v) is 8.88. The molecule has 2 aliphatic rings. The summed E-state index contributed by atoms with van der Waals surface area (Å²) >= 11 is 0. The van der Waals surface area contributed by atoms with Crippen molar-refractivity contribution in [1.82, 2.24) is 9.03 Å². The molecule has 6 nitrogen and oxygen atoms in total. The Morgan fingerprint density at radius 2 is 1.60 bits per heavy atom. The van der Waals surface area contributed by atoms with Crippen LogP contribution in [0.25, 0.3) is 0 Å². The lowest BCUT2D eigenvalue weighted by Gasteiger charge is -2.38. The van der Waals surface area contributed by atoms with E-state index in [1.54, 1.807) is 0 Å². The Bertz CT molecular complexity index is 437. The molecule has 1 heterocycles. The highest BCUT2D eigenvalue weighted by molar-refractivity contribution is 7.87. The molecule has 2 fully saturated rings. The molecule has 0 bridgehead atoms. The normalized spacial score (nSPS) is 24.4. The number of aliphatic carboxylic acids is 1. The lowest BCUT2D eigenvalue weighted by molar-refractivity contribution is -0.138. The van der Waals surface area contributed by atoms with E-state index >= 15 is 0 Å². The zero-order valence-corrected chi connectivity index (χ0v) is 12.6. The second-order valence-corrected chi connectivity index (χ2v) is 7.65. The van der Waals surface area contributed by atoms with Crippen molar-refractivity contribution in [2.75, 3.05) is 13.1 Å². The molecule has 1 saturated heterocycles. The van der Waals surface area contributed by atoms with E-state index in [-0.39, 0.29) is 6.42 Å². The van der Waals surface area contributed by atoms with Gasteiger partial charge in [-0.05, 0) is 25.7 Å². The first-order valence-electron chi connectivity index (χ1n) is 7.44. The van der Waals surface area contributed by atoms with Gasteiger partial charge in [-0.3, -0.25) is 4.79 Å². The van der Waals surface area contributed by atoms with Gasteiger partial charge < -0.3 is 5.11 Å². The van der Waals surface area contributed by atoms with Gasteiger partial charge in [0.05, 0.1) is 6.42 Å². The molecule has 20 heavy (non-hydrogen) atoms. The molecule has 1 aliphatic carbocycles. The maximum Gasteiger partial charge on any atom is 0.305 e. The van der Waals surface area contributed by atoms with Gasteiger partial charge >= 0.3 is 5.97 Å². The van der Waals surface area contributed by atoms with Crippen LogP contribution >= 0.6 is 0 Å². The number of carbonyl (C=O) groups is 1. The minimum Gasteiger partial charge on any atom is -0.481 e. The van der Waals surface area contributed by atoms with Gasteiger partial charge in [0, 0.05) is 18.6 Å². The van der Waals surface area contributed by atoms with Crippen LogP contribution in [0.1, 0.15) is 57.8 Å². The quantitative estimate of drug-likeness (QED) is 0.805. The Morgan fingerprint density at radius 1 is 1.05 bits per heavy atom. The van der Waals surface area contributed by atoms with Crippen molar-refractivity contribution in [2.45, 2.75) is 63.3 Å². The molecule has 2 rings (SSSR count). The van der Waals surface area contributed by atoms with Crippen molar-refractivity contribution in [3.63, 3.8) is 0 Å². The van der Waals surface area contributed by atoms with Gasteiger partial charge in [-0.2, -0.15) is 17.4 Å². The lowest BCUT2D eigenvalue weighted by Crippen LogP contribution is -2.56. The topological polar surface area (TPSA) is 86.7 Å². The third-order valence-corrected chi connectivity index (χ3v) is 6.04. The molecular formula is C13H24N2O4S. The van der Waals surface area contributed by atoms with Crippen LogP contribution in [0.15, 0.2) is 0 Å². The molecule has 116 valence electrons. The van der Waals surface area contributed by atoms with Crippen LogP contribution in [0, 0.1) is 0 Å². The Kier molecular flexibility index (Phi) is 5.04. The number of nitrogens with zero attached hydrogens (tertiary/aromatic N) is 1. The lowest BCUT2D eigenvalue weighted by atomic mass is 9.80. The first-order chi connectivity index (χ1) is 9.44. The molecule has 1 aliphatic heterocycles. The zero-order valence-electron chi connectivity index (χ0n) is 11.8. The standard InChI is InChI=1S/C13H24N2O4S/c16-12(17)11-13(7-3-1-4-8-13)14-20(18,19)15-9-5-2-6-10-15/h14H,1-11H2,(H,16,17). The molecule has 1 saturated carbocycles. The highest BCUT2D eigenvalue weighted by atomic mass is 32.2. The Balaban J connectivity index is 2.11. The summed E-state index contributed by atoms with van der Waals surface area (Å²) < 4.78 is 29.1. The van der Waals surface area contributed by atoms with Gasteiger partial charge in [-0.15, -0.1) is 0 Å². The minimum atomic E-state index is -3.57. The van der Waals surface area contributed by atoms with Crippen LogP contribution in [0.4, 0.5) is 0 Å². The van der Waals surface area contributed by atoms with Crippen LogP contribution in [-0.4, -0.2) is 42.4 Å². The third-order valence-electron chi connectivity index (χ3n) is 4.30. The molecule has 7 heteroatoms. The smallest absolute Gasteiger partial charge is 0.305 e. The Hall–Kier alpha value is -0.660. The molecule has 0 aromatic heterocycles. The number of hydrogen-bond donors (Lipinski definition) is 2. The van der Waals surface area contributed by atoms with Gasteiger partial charge in [-0.25, -0.2) is 0 Å². The van der Waals surface area contributed by atoms with Gasteiger partial charge in [0.1, 0.15) is 0 Å². The molecule has 0 atom stereocenters. The monoisotopic (exact) mass is 304 g/mol. The van der Waals surface area contributed by atoms with Crippen molar-refractivity contribution < 1.29 is 18.3 Å². The van der Waals surface area contributed by atoms with Crippen LogP contribution in [-0.2, 0) is 15.0 Å². The summed E-state index contributed by atoms with van der Waals surface area (Å²) in [7, 11) is -3.57. The Morgan fingerprint density at radius 3 is 2.15 bits per heavy atom. The maximum absolute atomic E-state index is 12.5. The third kappa shape index (κ3) is 3.93. The molecule has 0 unspecified atom stereocenters. The van der Waals surface area contributed by atoms with Crippen molar-refractivity contribution in [3.8, 4) is 0 Å². The minimum absolute atomic E-state index is 0.125. The Labute approximate surface area is 120 Å². The predicted octanol–water partition coefficient (Wildman–Crippen LogP) is 1.48. The van der Waals surface area contributed by atoms with Crippen LogP contribution < -0.4 is 4.72 Å². The fraction of sp³-hybridized carbons (Fsp3) is 0.923. The largest absolute Gasteiger partial charge is 0.481 e. The number of rotatable bonds is 5. The van der Waals surface area contributed by atoms with Crippen LogP contribution in [0.3, 0.4) is 0 Å². The average molecular weight is 304 g/mol. The van der Waals surface area contributed by atoms with E-state index in [0.29, 0.717) is 25.9 Å². The highest BCUT2D eigenvalue weighted by Gasteiger charge is 2.39. The molecule has 0 radical (unpaired) electrons. The van der Waals surface area contributed by atoms with Crippen LogP contribution in [0.5, 0.6) is 0 Å². The number of piperidine rings is 1. The number of carboxylic acid groups (broad SMARTS) is 1. The summed E-state index contributed by atoms with van der Waals surface area (Å²) in [5, 5.41) is 9.09. The van der Waals surface area contributed by atoms with Crippen LogP contribution in [0.2, 0.25) is 0 Å². The number of nitrogens with one attached hydrogen (secondary N) is 1. The SMILES string of the molecule is O=C(O)CC1(NS(=O)(=O)N2CCCCC2)CCCCC1. The summed E-state index contributed by atoms with van der Waals surface area (Å²) in [6, 6.07) is 0. The number of carboxylic acids is 1. The van der Waals surface area contributed by atoms with E-state index in [1.807, 2.05) is 0 Å². The molecule has 0 aromatic carbocycles. The fourth-order valence-corrected chi connectivity index (χ4v) is 4.97. The van der Waals surface area contributed by atoms with Crippen molar-refractivity contribution in [2.24, 2.45) is 0 Å². The van der Waals surface area contributed by atoms with E-state index in [1.165, 1.54) is 4.31 Å². The second-order valence-electron chi connectivity index (χ2n) is 5.98. The summed E-state index contributed by atoms with van der Waals surface area (Å²) in [4.78, 5) is 11.1. The summed E-state index contributed by atoms with van der Waals surface area (Å²) in [6.07, 6.45) is 6.75. The van der Waals surface area contributed by atoms with E-state index in [9.17, 15) is 13.2 Å². The molecule has 2 N–H and O–H groups in total. The van der Waals surface area contributed by atoms with Crippen molar-refractivity contribution in [1.29, 1.82) is 0 Å². The molecular weight excluding hydrogens is 280 g/mol. The fourth-order valence-electron chi connectivity index (χ4n) is 3.28. The summed E-state index contributed by atoms with van der Waals surface area (Å²) in [5.74, 6) is -0.937. The average Bonchev–Trinajstić information content (AvgIpc) is 2.39. The van der Waals surface area contributed by atoms with Gasteiger partial charge in [0.25, 0.3) is 10.2 Å². The van der Waals surface area contributed by atoms with E-state index in [0.717, 1.165) is 38.5 Å². The van der Waals surface area contributed by atoms with Crippen molar-refractivity contribution in [3.05, 3.63) is 0 Å². The summed E-state index contributed by atoms with van der Waals surface area (Å²) in [6.45, 7) is 1.08. The molecule has 0 amide bonds. The highest BCUT2D eigenvalue weighted by Crippen LogP contribution is 2.32. The van der Waals surface area contributed by atoms with Crippen molar-refractivity contribution >= 4 is 16.2 Å². The van der Waals surface area contributed by atoms with E-state index in [2.05, 4.69) is 4.72 Å². The first kappa shape index (κ1) is 15.7. The molecule has 0 spiro atoms.